The van der Waals surface area contributed by atoms with Crippen LogP contribution >= 0.6 is 15.9 Å². The van der Waals surface area contributed by atoms with Crippen LogP contribution in [0.1, 0.15) is 16.7 Å². The quantitative estimate of drug-likeness (QED) is 0.417. The summed E-state index contributed by atoms with van der Waals surface area (Å²) in [6.45, 7) is 4.06. The molecule has 0 saturated heterocycles. The summed E-state index contributed by atoms with van der Waals surface area (Å²) in [5.41, 5.74) is 7.03. The Morgan fingerprint density at radius 1 is 1.04 bits per heavy atom. The number of halogens is 1. The molecule has 0 unspecified atom stereocenters. The number of hydrogen-bond acceptors (Lipinski definition) is 4. The molecule has 2 aromatic carbocycles. The first-order valence-electron chi connectivity index (χ1n) is 7.59. The van der Waals surface area contributed by atoms with Crippen LogP contribution in [-0.4, -0.2) is 25.1 Å². The SMILES string of the molecule is CNC(=O)C(=O)N/N=C\c1cc(Br)ccc1Nc1cc(C)ccc1C. The second-order valence-electron chi connectivity index (χ2n) is 5.45. The topological polar surface area (TPSA) is 82.6 Å². The van der Waals surface area contributed by atoms with Gasteiger partial charge in [-0.1, -0.05) is 28.1 Å². The molecule has 130 valence electrons. The van der Waals surface area contributed by atoms with E-state index < -0.39 is 11.8 Å². The number of benzene rings is 2. The molecule has 3 N–H and O–H groups in total. The summed E-state index contributed by atoms with van der Waals surface area (Å²) in [4.78, 5) is 22.6. The maximum absolute atomic E-state index is 11.4. The van der Waals surface area contributed by atoms with Gasteiger partial charge in [0.1, 0.15) is 0 Å². The lowest BCUT2D eigenvalue weighted by Crippen LogP contribution is -2.35. The van der Waals surface area contributed by atoms with Crippen LogP contribution in [0.3, 0.4) is 0 Å². The first-order chi connectivity index (χ1) is 11.9. The predicted octanol–water partition coefficient (Wildman–Crippen LogP) is 3.01. The molecule has 0 aromatic heterocycles. The van der Waals surface area contributed by atoms with Crippen molar-refractivity contribution in [3.63, 3.8) is 0 Å². The van der Waals surface area contributed by atoms with Crippen molar-refractivity contribution in [2.75, 3.05) is 12.4 Å². The lowest BCUT2D eigenvalue weighted by atomic mass is 10.1. The van der Waals surface area contributed by atoms with Gasteiger partial charge in [-0.2, -0.15) is 5.10 Å². The maximum Gasteiger partial charge on any atom is 0.329 e. The minimum Gasteiger partial charge on any atom is -0.355 e. The Hall–Kier alpha value is -2.67. The van der Waals surface area contributed by atoms with Gasteiger partial charge < -0.3 is 10.6 Å². The molecule has 0 heterocycles. The van der Waals surface area contributed by atoms with Crippen molar-refractivity contribution in [3.8, 4) is 0 Å². The van der Waals surface area contributed by atoms with Crippen molar-refractivity contribution in [2.24, 2.45) is 5.10 Å². The van der Waals surface area contributed by atoms with E-state index in [2.05, 4.69) is 49.2 Å². The largest absolute Gasteiger partial charge is 0.355 e. The molecule has 0 radical (unpaired) electrons. The van der Waals surface area contributed by atoms with E-state index in [1.165, 1.54) is 13.3 Å². The van der Waals surface area contributed by atoms with Gasteiger partial charge in [0.15, 0.2) is 0 Å². The van der Waals surface area contributed by atoms with E-state index in [0.717, 1.165) is 32.5 Å². The molecule has 2 aromatic rings. The third-order valence-electron chi connectivity index (χ3n) is 3.48. The monoisotopic (exact) mass is 402 g/mol. The van der Waals surface area contributed by atoms with Crippen molar-refractivity contribution in [2.45, 2.75) is 13.8 Å². The van der Waals surface area contributed by atoms with Gasteiger partial charge in [0.2, 0.25) is 0 Å². The molecular formula is C18H19BrN4O2. The van der Waals surface area contributed by atoms with Crippen LogP contribution in [0.2, 0.25) is 0 Å². The van der Waals surface area contributed by atoms with E-state index in [0.29, 0.717) is 0 Å². The van der Waals surface area contributed by atoms with E-state index in [1.807, 2.05) is 38.1 Å². The number of anilines is 2. The van der Waals surface area contributed by atoms with E-state index in [-0.39, 0.29) is 0 Å². The average molecular weight is 403 g/mol. The normalized spacial score (nSPS) is 10.6. The van der Waals surface area contributed by atoms with E-state index in [1.54, 1.807) is 0 Å². The van der Waals surface area contributed by atoms with Crippen molar-refractivity contribution >= 4 is 45.3 Å². The number of aryl methyl sites for hydroxylation is 2. The lowest BCUT2D eigenvalue weighted by Gasteiger charge is -2.13. The smallest absolute Gasteiger partial charge is 0.329 e. The first-order valence-corrected chi connectivity index (χ1v) is 8.39. The summed E-state index contributed by atoms with van der Waals surface area (Å²) < 4.78 is 0.873. The number of hydrazone groups is 1. The summed E-state index contributed by atoms with van der Waals surface area (Å²) in [7, 11) is 1.38. The fraction of sp³-hybridized carbons (Fsp3) is 0.167. The van der Waals surface area contributed by atoms with Crippen molar-refractivity contribution in [1.29, 1.82) is 0 Å². The number of carbonyl (C=O) groups is 2. The molecule has 2 rings (SSSR count). The zero-order valence-electron chi connectivity index (χ0n) is 14.2. The van der Waals surface area contributed by atoms with Crippen molar-refractivity contribution in [3.05, 3.63) is 57.6 Å². The van der Waals surface area contributed by atoms with Gasteiger partial charge in [0, 0.05) is 28.5 Å². The molecule has 0 aliphatic carbocycles. The van der Waals surface area contributed by atoms with Crippen LogP contribution in [-0.2, 0) is 9.59 Å². The Bertz CT molecular complexity index is 834. The Balaban J connectivity index is 2.24. The molecule has 0 spiro atoms. The van der Waals surface area contributed by atoms with Gasteiger partial charge in [0.25, 0.3) is 0 Å². The molecule has 0 bridgehead atoms. The molecule has 0 fully saturated rings. The van der Waals surface area contributed by atoms with Crippen LogP contribution in [0.5, 0.6) is 0 Å². The average Bonchev–Trinajstić information content (AvgIpc) is 2.59. The molecule has 0 aliphatic rings. The molecular weight excluding hydrogens is 384 g/mol. The van der Waals surface area contributed by atoms with Crippen LogP contribution in [0.4, 0.5) is 11.4 Å². The summed E-state index contributed by atoms with van der Waals surface area (Å²) in [6.07, 6.45) is 1.49. The van der Waals surface area contributed by atoms with E-state index in [4.69, 9.17) is 0 Å². The van der Waals surface area contributed by atoms with Crippen LogP contribution < -0.4 is 16.1 Å². The Labute approximate surface area is 154 Å². The fourth-order valence-electron chi connectivity index (χ4n) is 2.09. The summed E-state index contributed by atoms with van der Waals surface area (Å²) in [6, 6.07) is 11.9. The standard InChI is InChI=1S/C18H19BrN4O2/c1-11-4-5-12(2)16(8-11)22-15-7-6-14(19)9-13(15)10-21-23-18(25)17(24)20-3/h4-10,22H,1-3H3,(H,20,24)(H,23,25)/b21-10-. The minimum absolute atomic E-state index is 0.750. The zero-order chi connectivity index (χ0) is 18.4. The van der Waals surface area contributed by atoms with E-state index >= 15 is 0 Å². The van der Waals surface area contributed by atoms with Gasteiger partial charge in [-0.3, -0.25) is 9.59 Å². The number of rotatable bonds is 4. The van der Waals surface area contributed by atoms with Gasteiger partial charge in [-0.25, -0.2) is 5.43 Å². The first kappa shape index (κ1) is 18.7. The molecule has 6 nitrogen and oxygen atoms in total. The maximum atomic E-state index is 11.4. The molecule has 25 heavy (non-hydrogen) atoms. The lowest BCUT2D eigenvalue weighted by molar-refractivity contribution is -0.138. The molecule has 0 atom stereocenters. The van der Waals surface area contributed by atoms with Crippen LogP contribution in [0.25, 0.3) is 0 Å². The van der Waals surface area contributed by atoms with Gasteiger partial charge >= 0.3 is 11.8 Å². The van der Waals surface area contributed by atoms with Gasteiger partial charge in [0.05, 0.1) is 6.21 Å². The van der Waals surface area contributed by atoms with Crippen LogP contribution in [0, 0.1) is 13.8 Å². The molecule has 0 saturated carbocycles. The molecule has 7 heteroatoms. The summed E-state index contributed by atoms with van der Waals surface area (Å²) in [5, 5.41) is 9.46. The number of nitrogens with zero attached hydrogens (tertiary/aromatic N) is 1. The fourth-order valence-corrected chi connectivity index (χ4v) is 2.47. The number of likely N-dealkylation sites (N-methyl/N-ethyl adjacent to an activating group) is 1. The Kier molecular flexibility index (Phi) is 6.30. The number of carbonyl (C=O) groups excluding carboxylic acids is 2. The third kappa shape index (κ3) is 5.15. The second kappa shape index (κ2) is 8.43. The molecule has 0 aliphatic heterocycles. The van der Waals surface area contributed by atoms with Gasteiger partial charge in [-0.15, -0.1) is 0 Å². The minimum atomic E-state index is -0.821. The zero-order valence-corrected chi connectivity index (χ0v) is 15.8. The highest BCUT2D eigenvalue weighted by Gasteiger charge is 2.09. The highest BCUT2D eigenvalue weighted by molar-refractivity contribution is 9.10. The predicted molar refractivity (Wildman–Crippen MR) is 103 cm³/mol. The summed E-state index contributed by atoms with van der Waals surface area (Å²) >= 11 is 3.42. The highest BCUT2D eigenvalue weighted by Crippen LogP contribution is 2.26. The molecule has 2 amide bonds. The Morgan fingerprint density at radius 2 is 1.80 bits per heavy atom. The van der Waals surface area contributed by atoms with Crippen molar-refractivity contribution in [1.82, 2.24) is 10.7 Å². The van der Waals surface area contributed by atoms with E-state index in [9.17, 15) is 9.59 Å². The third-order valence-corrected chi connectivity index (χ3v) is 3.97. The number of hydrogen-bond donors (Lipinski definition) is 3. The second-order valence-corrected chi connectivity index (χ2v) is 6.37. The van der Waals surface area contributed by atoms with Crippen LogP contribution in [0.15, 0.2) is 46.0 Å². The van der Waals surface area contributed by atoms with Gasteiger partial charge in [-0.05, 0) is 49.2 Å². The Morgan fingerprint density at radius 3 is 2.52 bits per heavy atom. The van der Waals surface area contributed by atoms with Crippen molar-refractivity contribution < 1.29 is 9.59 Å². The summed E-state index contributed by atoms with van der Waals surface area (Å²) in [5.74, 6) is -1.57. The number of nitrogens with one attached hydrogen (secondary N) is 3. The highest BCUT2D eigenvalue weighted by atomic mass is 79.9. The number of amides is 2.